The molecule has 1 amide bonds. The molecule has 2 aromatic heterocycles. The van der Waals surface area contributed by atoms with Gasteiger partial charge in [-0.1, -0.05) is 18.2 Å². The minimum atomic E-state index is -3.30. The number of carbonyl (C=O) groups excluding carboxylic acids is 1. The molecule has 0 aliphatic carbocycles. The third-order valence-electron chi connectivity index (χ3n) is 4.81. The Morgan fingerprint density at radius 3 is 2.50 bits per heavy atom. The summed E-state index contributed by atoms with van der Waals surface area (Å²) in [6.07, 6.45) is 3.95. The summed E-state index contributed by atoms with van der Waals surface area (Å²) in [5.74, 6) is -0.00662. The zero-order valence-electron chi connectivity index (χ0n) is 16.4. The summed E-state index contributed by atoms with van der Waals surface area (Å²) in [6, 6.07) is 12.4. The molecule has 148 valence electrons. The number of likely N-dealkylation sites (N-methyl/N-ethyl adjacent to an activating group) is 1. The molecule has 28 heavy (non-hydrogen) atoms. The molecule has 3 rings (SSSR count). The normalized spacial score (nSPS) is 11.9. The Balaban J connectivity index is 1.72. The van der Waals surface area contributed by atoms with Crippen molar-refractivity contribution < 1.29 is 13.2 Å². The highest BCUT2D eigenvalue weighted by Crippen LogP contribution is 2.17. The van der Waals surface area contributed by atoms with E-state index in [0.29, 0.717) is 13.1 Å². The van der Waals surface area contributed by atoms with E-state index in [0.717, 1.165) is 16.9 Å². The van der Waals surface area contributed by atoms with Crippen molar-refractivity contribution in [1.29, 1.82) is 0 Å². The van der Waals surface area contributed by atoms with E-state index in [1.165, 1.54) is 0 Å². The molecule has 0 aliphatic rings. The van der Waals surface area contributed by atoms with Crippen molar-refractivity contribution >= 4 is 21.4 Å². The highest BCUT2D eigenvalue weighted by molar-refractivity contribution is 7.92. The summed E-state index contributed by atoms with van der Waals surface area (Å²) in [6.45, 7) is 6.32. The van der Waals surface area contributed by atoms with Crippen LogP contribution >= 0.6 is 0 Å². The SMILES string of the molecule is CCN(Cc1cnc2ccccn12)C(=O)Cc1ccc(S(=O)(=O)C(C)C)cc1. The Morgan fingerprint density at radius 2 is 1.86 bits per heavy atom. The van der Waals surface area contributed by atoms with Crippen LogP contribution in [0.5, 0.6) is 0 Å². The molecule has 0 unspecified atom stereocenters. The first-order valence-electron chi connectivity index (χ1n) is 9.34. The first-order chi connectivity index (χ1) is 13.3. The molecule has 2 heterocycles. The number of imidazole rings is 1. The molecule has 0 spiro atoms. The Labute approximate surface area is 165 Å². The third-order valence-corrected chi connectivity index (χ3v) is 6.98. The fraction of sp³-hybridized carbons (Fsp3) is 0.333. The Bertz CT molecular complexity index is 1070. The molecule has 7 heteroatoms. The minimum Gasteiger partial charge on any atom is -0.337 e. The summed E-state index contributed by atoms with van der Waals surface area (Å²) < 4.78 is 26.4. The predicted molar refractivity (Wildman–Crippen MR) is 109 cm³/mol. The number of pyridine rings is 1. The lowest BCUT2D eigenvalue weighted by Crippen LogP contribution is -2.32. The second-order valence-electron chi connectivity index (χ2n) is 7.00. The van der Waals surface area contributed by atoms with Crippen LogP contribution in [-0.4, -0.2) is 40.4 Å². The predicted octanol–water partition coefficient (Wildman–Crippen LogP) is 3.11. The Kier molecular flexibility index (Phi) is 5.84. The summed E-state index contributed by atoms with van der Waals surface area (Å²) in [7, 11) is -3.30. The van der Waals surface area contributed by atoms with Gasteiger partial charge in [0.25, 0.3) is 0 Å². The van der Waals surface area contributed by atoms with Crippen LogP contribution in [0.1, 0.15) is 32.0 Å². The fourth-order valence-electron chi connectivity index (χ4n) is 3.03. The smallest absolute Gasteiger partial charge is 0.227 e. The van der Waals surface area contributed by atoms with Crippen molar-refractivity contribution in [2.45, 2.75) is 43.9 Å². The Morgan fingerprint density at radius 1 is 1.14 bits per heavy atom. The molecule has 0 saturated carbocycles. The van der Waals surface area contributed by atoms with Crippen LogP contribution in [0.3, 0.4) is 0 Å². The number of fused-ring (bicyclic) bond motifs is 1. The summed E-state index contributed by atoms with van der Waals surface area (Å²) in [5.41, 5.74) is 2.59. The molecule has 0 N–H and O–H groups in total. The average Bonchev–Trinajstić information content (AvgIpc) is 3.09. The summed E-state index contributed by atoms with van der Waals surface area (Å²) in [4.78, 5) is 19.2. The maximum atomic E-state index is 12.8. The van der Waals surface area contributed by atoms with Crippen molar-refractivity contribution in [2.75, 3.05) is 6.54 Å². The van der Waals surface area contributed by atoms with Crippen molar-refractivity contribution in [3.63, 3.8) is 0 Å². The number of nitrogens with zero attached hydrogens (tertiary/aromatic N) is 3. The number of aromatic nitrogens is 2. The summed E-state index contributed by atoms with van der Waals surface area (Å²) in [5, 5.41) is -0.471. The lowest BCUT2D eigenvalue weighted by atomic mass is 10.1. The van der Waals surface area contributed by atoms with Gasteiger partial charge in [0.15, 0.2) is 9.84 Å². The lowest BCUT2D eigenvalue weighted by molar-refractivity contribution is -0.130. The van der Waals surface area contributed by atoms with E-state index in [1.807, 2.05) is 35.7 Å². The zero-order chi connectivity index (χ0) is 20.3. The maximum absolute atomic E-state index is 12.8. The third kappa shape index (κ3) is 4.09. The van der Waals surface area contributed by atoms with E-state index in [4.69, 9.17) is 0 Å². The van der Waals surface area contributed by atoms with Crippen molar-refractivity contribution in [3.8, 4) is 0 Å². The van der Waals surface area contributed by atoms with Gasteiger partial charge >= 0.3 is 0 Å². The standard InChI is InChI=1S/C21H25N3O3S/c1-4-23(15-18-14-22-20-7-5-6-12-24(18)20)21(25)13-17-8-10-19(11-9-17)28(26,27)16(2)3/h5-12,14,16H,4,13,15H2,1-3H3. The van der Waals surface area contributed by atoms with Crippen LogP contribution < -0.4 is 0 Å². The highest BCUT2D eigenvalue weighted by atomic mass is 32.2. The molecule has 3 aromatic rings. The number of carbonyl (C=O) groups is 1. The molecule has 0 fully saturated rings. The van der Waals surface area contributed by atoms with Crippen LogP contribution in [0.25, 0.3) is 5.65 Å². The van der Waals surface area contributed by atoms with Gasteiger partial charge in [-0.3, -0.25) is 4.79 Å². The van der Waals surface area contributed by atoms with E-state index < -0.39 is 15.1 Å². The first kappa shape index (κ1) is 20.1. The fourth-order valence-corrected chi connectivity index (χ4v) is 4.09. The van der Waals surface area contributed by atoms with Crippen molar-refractivity contribution in [2.24, 2.45) is 0 Å². The quantitative estimate of drug-likeness (QED) is 0.612. The second-order valence-corrected chi connectivity index (χ2v) is 9.51. The van der Waals surface area contributed by atoms with Gasteiger partial charge in [-0.25, -0.2) is 13.4 Å². The van der Waals surface area contributed by atoms with Crippen LogP contribution in [-0.2, 0) is 27.6 Å². The van der Waals surface area contributed by atoms with E-state index in [2.05, 4.69) is 4.98 Å². The van der Waals surface area contributed by atoms with Crippen LogP contribution in [0, 0.1) is 0 Å². The second kappa shape index (κ2) is 8.14. The van der Waals surface area contributed by atoms with Gasteiger partial charge in [0, 0.05) is 12.7 Å². The number of amides is 1. The zero-order valence-corrected chi connectivity index (χ0v) is 17.2. The van der Waals surface area contributed by atoms with Crippen LogP contribution in [0.2, 0.25) is 0 Å². The Hall–Kier alpha value is -2.67. The molecule has 1 aromatic carbocycles. The minimum absolute atomic E-state index is 0.00662. The molecule has 0 atom stereocenters. The number of hydrogen-bond donors (Lipinski definition) is 0. The van der Waals surface area contributed by atoms with E-state index in [1.54, 1.807) is 49.2 Å². The van der Waals surface area contributed by atoms with Gasteiger partial charge in [-0.2, -0.15) is 0 Å². The van der Waals surface area contributed by atoms with E-state index in [-0.39, 0.29) is 17.2 Å². The monoisotopic (exact) mass is 399 g/mol. The van der Waals surface area contributed by atoms with E-state index >= 15 is 0 Å². The van der Waals surface area contributed by atoms with Gasteiger partial charge in [0.1, 0.15) is 5.65 Å². The van der Waals surface area contributed by atoms with Crippen molar-refractivity contribution in [3.05, 3.63) is 66.1 Å². The average molecular weight is 400 g/mol. The lowest BCUT2D eigenvalue weighted by Gasteiger charge is -2.21. The maximum Gasteiger partial charge on any atom is 0.227 e. The van der Waals surface area contributed by atoms with Gasteiger partial charge in [-0.05, 0) is 50.6 Å². The van der Waals surface area contributed by atoms with Gasteiger partial charge < -0.3 is 9.30 Å². The van der Waals surface area contributed by atoms with Gasteiger partial charge in [-0.15, -0.1) is 0 Å². The highest BCUT2D eigenvalue weighted by Gasteiger charge is 2.19. The van der Waals surface area contributed by atoms with Gasteiger partial charge in [0.2, 0.25) is 5.91 Å². The molecular weight excluding hydrogens is 374 g/mol. The molecular formula is C21H25N3O3S. The van der Waals surface area contributed by atoms with Crippen LogP contribution in [0.4, 0.5) is 0 Å². The number of sulfone groups is 1. The van der Waals surface area contributed by atoms with Gasteiger partial charge in [0.05, 0.1) is 35.0 Å². The van der Waals surface area contributed by atoms with E-state index in [9.17, 15) is 13.2 Å². The molecule has 0 radical (unpaired) electrons. The largest absolute Gasteiger partial charge is 0.337 e. The van der Waals surface area contributed by atoms with Crippen molar-refractivity contribution in [1.82, 2.24) is 14.3 Å². The molecule has 0 saturated heterocycles. The molecule has 0 aliphatic heterocycles. The topological polar surface area (TPSA) is 71.8 Å². The molecule has 6 nitrogen and oxygen atoms in total. The number of hydrogen-bond acceptors (Lipinski definition) is 4. The first-order valence-corrected chi connectivity index (χ1v) is 10.9. The summed E-state index contributed by atoms with van der Waals surface area (Å²) >= 11 is 0. The van der Waals surface area contributed by atoms with Crippen LogP contribution in [0.15, 0.2) is 59.8 Å². The number of benzene rings is 1. The molecule has 0 bridgehead atoms. The number of rotatable bonds is 7.